The van der Waals surface area contributed by atoms with Gasteiger partial charge in [-0.15, -0.1) is 0 Å². The molecule has 1 aliphatic heterocycles. The predicted molar refractivity (Wildman–Crippen MR) is 105 cm³/mol. The highest BCUT2D eigenvalue weighted by atomic mass is 79.9. The number of nitrogens with zero attached hydrogens (tertiary/aromatic N) is 2. The maximum atomic E-state index is 12.8. The van der Waals surface area contributed by atoms with E-state index in [9.17, 15) is 14.4 Å². The van der Waals surface area contributed by atoms with Crippen LogP contribution in [-0.4, -0.2) is 41.2 Å². The summed E-state index contributed by atoms with van der Waals surface area (Å²) in [6.07, 6.45) is -1.80. The molecule has 7 nitrogen and oxygen atoms in total. The molecule has 0 saturated heterocycles. The number of rotatable bonds is 1. The third-order valence-corrected chi connectivity index (χ3v) is 4.33. The van der Waals surface area contributed by atoms with Crippen molar-refractivity contribution in [3.05, 3.63) is 27.7 Å². The first-order valence-electron chi connectivity index (χ1n) is 8.54. The largest absolute Gasteiger partial charge is 0.443 e. The van der Waals surface area contributed by atoms with Gasteiger partial charge >= 0.3 is 12.2 Å². The number of imide groups is 1. The Balaban J connectivity index is 2.59. The van der Waals surface area contributed by atoms with Crippen LogP contribution in [-0.2, 0) is 16.0 Å². The third kappa shape index (κ3) is 4.80. The normalized spacial score (nSPS) is 14.1. The lowest BCUT2D eigenvalue weighted by Crippen LogP contribution is -2.44. The Hall–Kier alpha value is -2.09. The smallest absolute Gasteiger partial charge is 0.424 e. The molecule has 0 aromatic heterocycles. The van der Waals surface area contributed by atoms with Crippen LogP contribution in [0.5, 0.6) is 0 Å². The zero-order valence-electron chi connectivity index (χ0n) is 16.7. The first-order chi connectivity index (χ1) is 12.2. The van der Waals surface area contributed by atoms with E-state index in [0.717, 1.165) is 9.37 Å². The van der Waals surface area contributed by atoms with Crippen LogP contribution in [0.1, 0.15) is 57.5 Å². The third-order valence-electron chi connectivity index (χ3n) is 3.58. The van der Waals surface area contributed by atoms with E-state index in [1.54, 1.807) is 54.7 Å². The van der Waals surface area contributed by atoms with Crippen molar-refractivity contribution in [2.45, 2.75) is 59.3 Å². The number of carbonyl (C=O) groups is 3. The summed E-state index contributed by atoms with van der Waals surface area (Å²) in [5.74, 6) is -0.279. The molecule has 0 aliphatic carbocycles. The van der Waals surface area contributed by atoms with E-state index in [4.69, 9.17) is 9.47 Å². The molecule has 1 aliphatic rings. The van der Waals surface area contributed by atoms with Crippen LogP contribution in [0.3, 0.4) is 0 Å². The fourth-order valence-electron chi connectivity index (χ4n) is 2.58. The van der Waals surface area contributed by atoms with Crippen molar-refractivity contribution in [2.24, 2.45) is 0 Å². The Morgan fingerprint density at radius 2 is 1.52 bits per heavy atom. The molecular formula is C19H25BrN2O5. The molecule has 1 aromatic rings. The molecule has 3 amide bonds. The molecule has 0 fully saturated rings. The number of ether oxygens (including phenoxy) is 2. The van der Waals surface area contributed by atoms with Gasteiger partial charge in [0.05, 0.1) is 11.3 Å². The highest BCUT2D eigenvalue weighted by molar-refractivity contribution is 9.10. The minimum atomic E-state index is -0.899. The summed E-state index contributed by atoms with van der Waals surface area (Å²) in [6.45, 7) is 10.6. The van der Waals surface area contributed by atoms with Gasteiger partial charge in [0, 0.05) is 23.6 Å². The van der Waals surface area contributed by atoms with Gasteiger partial charge in [-0.05, 0) is 53.7 Å². The lowest BCUT2D eigenvalue weighted by molar-refractivity contribution is 0.0430. The summed E-state index contributed by atoms with van der Waals surface area (Å²) in [7, 11) is 1.66. The number of amides is 3. The van der Waals surface area contributed by atoms with Crippen molar-refractivity contribution in [2.75, 3.05) is 11.9 Å². The molecular weight excluding hydrogens is 416 g/mol. The molecule has 1 heterocycles. The minimum absolute atomic E-state index is 0.144. The van der Waals surface area contributed by atoms with Gasteiger partial charge in [-0.3, -0.25) is 4.79 Å². The number of carbonyl (C=O) groups excluding carboxylic acids is 3. The Kier molecular flexibility index (Phi) is 5.61. The van der Waals surface area contributed by atoms with Gasteiger partial charge in [-0.25, -0.2) is 9.59 Å². The fraction of sp³-hybridized carbons (Fsp3) is 0.526. The lowest BCUT2D eigenvalue weighted by atomic mass is 10.1. The van der Waals surface area contributed by atoms with Gasteiger partial charge in [-0.1, -0.05) is 15.9 Å². The molecule has 0 spiro atoms. The number of fused-ring (bicyclic) bond motifs is 1. The van der Waals surface area contributed by atoms with Crippen LogP contribution in [0, 0.1) is 0 Å². The van der Waals surface area contributed by atoms with Gasteiger partial charge in [0.1, 0.15) is 11.2 Å². The zero-order chi connectivity index (χ0) is 20.7. The molecule has 1 aromatic carbocycles. The molecule has 27 heavy (non-hydrogen) atoms. The van der Waals surface area contributed by atoms with Crippen LogP contribution >= 0.6 is 15.9 Å². The van der Waals surface area contributed by atoms with Crippen molar-refractivity contribution in [1.29, 1.82) is 0 Å². The molecule has 8 heteroatoms. The van der Waals surface area contributed by atoms with E-state index in [1.165, 1.54) is 11.0 Å². The second-order valence-corrected chi connectivity index (χ2v) is 9.23. The minimum Gasteiger partial charge on any atom is -0.443 e. The lowest BCUT2D eigenvalue weighted by Gasteiger charge is -2.29. The summed E-state index contributed by atoms with van der Waals surface area (Å²) in [5.41, 5.74) is -0.514. The van der Waals surface area contributed by atoms with Gasteiger partial charge < -0.3 is 14.4 Å². The number of halogens is 1. The Bertz CT molecular complexity index is 765. The number of hydrogen-bond donors (Lipinski definition) is 0. The van der Waals surface area contributed by atoms with Crippen LogP contribution in [0.2, 0.25) is 0 Å². The summed E-state index contributed by atoms with van der Waals surface area (Å²) in [4.78, 5) is 40.6. The van der Waals surface area contributed by atoms with Crippen LogP contribution < -0.4 is 4.90 Å². The Morgan fingerprint density at radius 3 is 1.96 bits per heavy atom. The van der Waals surface area contributed by atoms with E-state index in [2.05, 4.69) is 15.9 Å². The predicted octanol–water partition coefficient (Wildman–Crippen LogP) is 4.71. The first kappa shape index (κ1) is 21.2. The molecule has 0 N–H and O–H groups in total. The Labute approximate surface area is 167 Å². The summed E-state index contributed by atoms with van der Waals surface area (Å²) in [5, 5.41) is 0. The zero-order valence-corrected chi connectivity index (χ0v) is 18.3. The van der Waals surface area contributed by atoms with Crippen molar-refractivity contribution in [1.82, 2.24) is 4.90 Å². The quantitative estimate of drug-likeness (QED) is 0.631. The topological polar surface area (TPSA) is 76.2 Å². The monoisotopic (exact) mass is 440 g/mol. The van der Waals surface area contributed by atoms with E-state index in [0.29, 0.717) is 12.1 Å². The maximum absolute atomic E-state index is 12.8. The van der Waals surface area contributed by atoms with Gasteiger partial charge in [0.25, 0.3) is 5.91 Å². The molecule has 0 atom stereocenters. The van der Waals surface area contributed by atoms with Crippen molar-refractivity contribution in [3.63, 3.8) is 0 Å². The second-order valence-electron chi connectivity index (χ2n) is 8.38. The van der Waals surface area contributed by atoms with Crippen LogP contribution in [0.15, 0.2) is 16.6 Å². The SMILES string of the molecule is CN1Cc2c(Br)ccc(N(C(=O)OC(C)(C)C)C(=O)OC(C)(C)C)c2C1=O. The summed E-state index contributed by atoms with van der Waals surface area (Å²) >= 11 is 3.43. The highest BCUT2D eigenvalue weighted by Crippen LogP contribution is 2.37. The molecule has 0 radical (unpaired) electrons. The van der Waals surface area contributed by atoms with E-state index in [-0.39, 0.29) is 17.2 Å². The molecule has 148 valence electrons. The first-order valence-corrected chi connectivity index (χ1v) is 9.33. The number of hydrogen-bond acceptors (Lipinski definition) is 5. The summed E-state index contributed by atoms with van der Waals surface area (Å²) in [6, 6.07) is 3.23. The van der Waals surface area contributed by atoms with Crippen molar-refractivity contribution >= 4 is 39.7 Å². The van der Waals surface area contributed by atoms with E-state index < -0.39 is 23.4 Å². The maximum Gasteiger partial charge on any atom is 0.424 e. The second kappa shape index (κ2) is 7.14. The molecule has 0 unspecified atom stereocenters. The van der Waals surface area contributed by atoms with Crippen molar-refractivity contribution in [3.8, 4) is 0 Å². The average molecular weight is 441 g/mol. The van der Waals surface area contributed by atoms with Gasteiger partial charge in [0.15, 0.2) is 0 Å². The number of anilines is 1. The van der Waals surface area contributed by atoms with Gasteiger partial charge in [-0.2, -0.15) is 4.90 Å². The highest BCUT2D eigenvalue weighted by Gasteiger charge is 2.38. The van der Waals surface area contributed by atoms with Crippen LogP contribution in [0.25, 0.3) is 0 Å². The molecule has 2 rings (SSSR count). The van der Waals surface area contributed by atoms with Crippen LogP contribution in [0.4, 0.5) is 15.3 Å². The summed E-state index contributed by atoms with van der Waals surface area (Å²) < 4.78 is 11.5. The molecule has 0 saturated carbocycles. The number of benzene rings is 1. The average Bonchev–Trinajstić information content (AvgIpc) is 2.75. The Morgan fingerprint density at radius 1 is 1.04 bits per heavy atom. The fourth-order valence-corrected chi connectivity index (χ4v) is 3.03. The standard InChI is InChI=1S/C19H25BrN2O5/c1-18(2,3)26-16(24)22(17(25)27-19(4,5)6)13-9-8-12(20)11-10-21(7)15(23)14(11)13/h8-9H,10H2,1-7H3. The van der Waals surface area contributed by atoms with Gasteiger partial charge in [0.2, 0.25) is 0 Å². The van der Waals surface area contributed by atoms with Crippen molar-refractivity contribution < 1.29 is 23.9 Å². The van der Waals surface area contributed by atoms with E-state index in [1.807, 2.05) is 0 Å². The van der Waals surface area contributed by atoms with E-state index >= 15 is 0 Å². The molecule has 0 bridgehead atoms.